The van der Waals surface area contributed by atoms with Gasteiger partial charge in [-0.05, 0) is 35.7 Å². The van der Waals surface area contributed by atoms with Gasteiger partial charge in [-0.1, -0.05) is 62.4 Å². The van der Waals surface area contributed by atoms with E-state index < -0.39 is 95.8 Å². The molecule has 0 aliphatic carbocycles. The van der Waals surface area contributed by atoms with E-state index >= 15 is 0 Å². The molecule has 1 N–H and O–H groups in total. The minimum atomic E-state index is -5.32. The first kappa shape index (κ1) is 40.5. The van der Waals surface area contributed by atoms with E-state index in [0.717, 1.165) is 42.7 Å². The van der Waals surface area contributed by atoms with Crippen molar-refractivity contribution in [3.63, 3.8) is 0 Å². The number of alkyl halides is 3. The SMILES string of the molecule is CC(=O)Oc1cc(C2=CN(C(=O)c3ccccc3)C(C(C)C)C(=O)N2CC(=O)NC(Cc2ccccc2)C(=O)C(F)(F)F)cc(OC(C)=O)c1OC(C)=O. The number of hydrogen-bond acceptors (Lipinski definition) is 10. The van der Waals surface area contributed by atoms with E-state index in [9.17, 15) is 46.7 Å². The standard InChI is InChI=1S/C38H36F3N3O10/c1-21(2)33-37(51)43(20-32(48)42-28(35(49)38(39,40)41)16-25-12-8-6-9-13-25)29(19-44(33)36(50)26-14-10-7-11-15-26)27-17-30(52-22(3)45)34(54-24(5)47)31(18-27)53-23(4)46/h6-15,17-19,21,28,33H,16,20H2,1-5H3,(H,42,48). The van der Waals surface area contributed by atoms with Crippen LogP contribution >= 0.6 is 0 Å². The van der Waals surface area contributed by atoms with Crippen molar-refractivity contribution in [3.8, 4) is 17.2 Å². The molecule has 0 saturated heterocycles. The lowest BCUT2D eigenvalue weighted by atomic mass is 9.95. The fourth-order valence-corrected chi connectivity index (χ4v) is 5.66. The summed E-state index contributed by atoms with van der Waals surface area (Å²) in [7, 11) is 0. The van der Waals surface area contributed by atoms with Crippen LogP contribution in [0.4, 0.5) is 13.2 Å². The summed E-state index contributed by atoms with van der Waals surface area (Å²) >= 11 is 0. The summed E-state index contributed by atoms with van der Waals surface area (Å²) in [4.78, 5) is 92.9. The minimum Gasteiger partial charge on any atom is -0.423 e. The van der Waals surface area contributed by atoms with Crippen molar-refractivity contribution in [2.45, 2.75) is 59.3 Å². The van der Waals surface area contributed by atoms with Gasteiger partial charge in [0, 0.05) is 44.5 Å². The van der Waals surface area contributed by atoms with Crippen molar-refractivity contribution in [2.24, 2.45) is 5.92 Å². The number of carbonyl (C=O) groups is 7. The fourth-order valence-electron chi connectivity index (χ4n) is 5.66. The lowest BCUT2D eigenvalue weighted by Crippen LogP contribution is -2.57. The Kier molecular flexibility index (Phi) is 12.7. The van der Waals surface area contributed by atoms with Crippen molar-refractivity contribution in [1.29, 1.82) is 0 Å². The van der Waals surface area contributed by atoms with Crippen LogP contribution < -0.4 is 19.5 Å². The number of rotatable bonds is 12. The van der Waals surface area contributed by atoms with Crippen LogP contribution in [-0.4, -0.2) is 76.0 Å². The molecule has 284 valence electrons. The van der Waals surface area contributed by atoms with Gasteiger partial charge in [0.1, 0.15) is 18.6 Å². The molecule has 1 aliphatic rings. The van der Waals surface area contributed by atoms with E-state index in [1.807, 2.05) is 0 Å². The van der Waals surface area contributed by atoms with Gasteiger partial charge in [0.25, 0.3) is 17.6 Å². The first-order valence-corrected chi connectivity index (χ1v) is 16.5. The Morgan fingerprint density at radius 2 is 1.31 bits per heavy atom. The number of amides is 3. The lowest BCUT2D eigenvalue weighted by molar-refractivity contribution is -0.173. The highest BCUT2D eigenvalue weighted by molar-refractivity contribution is 6.04. The number of carbonyl (C=O) groups excluding carboxylic acids is 7. The number of Topliss-reactive ketones (excluding diaryl/α,β-unsaturated/α-hetero) is 1. The van der Waals surface area contributed by atoms with Crippen LogP contribution in [0.3, 0.4) is 0 Å². The van der Waals surface area contributed by atoms with E-state index in [4.69, 9.17) is 14.2 Å². The van der Waals surface area contributed by atoms with E-state index in [2.05, 4.69) is 5.32 Å². The van der Waals surface area contributed by atoms with Gasteiger partial charge in [-0.2, -0.15) is 13.2 Å². The third-order valence-corrected chi connectivity index (χ3v) is 7.84. The highest BCUT2D eigenvalue weighted by atomic mass is 19.4. The zero-order chi connectivity index (χ0) is 39.9. The molecule has 0 aromatic heterocycles. The van der Waals surface area contributed by atoms with Crippen LogP contribution in [0.5, 0.6) is 17.2 Å². The predicted octanol–water partition coefficient (Wildman–Crippen LogP) is 4.63. The Balaban J connectivity index is 1.91. The van der Waals surface area contributed by atoms with E-state index in [1.165, 1.54) is 30.5 Å². The van der Waals surface area contributed by atoms with Crippen molar-refractivity contribution in [1.82, 2.24) is 15.1 Å². The van der Waals surface area contributed by atoms with Gasteiger partial charge in [0.2, 0.25) is 11.7 Å². The molecule has 1 aliphatic heterocycles. The number of benzene rings is 3. The van der Waals surface area contributed by atoms with Gasteiger partial charge < -0.3 is 24.4 Å². The first-order valence-electron chi connectivity index (χ1n) is 16.5. The first-order chi connectivity index (χ1) is 25.4. The number of halogens is 3. The number of nitrogens with one attached hydrogen (secondary N) is 1. The van der Waals surface area contributed by atoms with Gasteiger partial charge in [-0.15, -0.1) is 0 Å². The normalized spacial score (nSPS) is 14.9. The smallest absolute Gasteiger partial charge is 0.423 e. The number of esters is 3. The fraction of sp³-hybridized carbons (Fsp3) is 0.289. The van der Waals surface area contributed by atoms with Gasteiger partial charge in [-0.25, -0.2) is 0 Å². The third kappa shape index (κ3) is 9.96. The molecule has 0 radical (unpaired) electrons. The highest BCUT2D eigenvalue weighted by Gasteiger charge is 2.45. The average Bonchev–Trinajstić information content (AvgIpc) is 3.08. The predicted molar refractivity (Wildman–Crippen MR) is 184 cm³/mol. The number of hydrogen-bond donors (Lipinski definition) is 1. The molecule has 0 fully saturated rings. The third-order valence-electron chi connectivity index (χ3n) is 7.84. The van der Waals surface area contributed by atoms with E-state index in [0.29, 0.717) is 5.56 Å². The van der Waals surface area contributed by atoms with Gasteiger partial charge >= 0.3 is 24.1 Å². The van der Waals surface area contributed by atoms with E-state index in [1.54, 1.807) is 50.2 Å². The molecule has 54 heavy (non-hydrogen) atoms. The Hall–Kier alpha value is -6.32. The van der Waals surface area contributed by atoms with Crippen LogP contribution in [0, 0.1) is 5.92 Å². The summed E-state index contributed by atoms with van der Waals surface area (Å²) in [6.45, 7) is 5.38. The van der Waals surface area contributed by atoms with Gasteiger partial charge in [0.05, 0.1) is 5.70 Å². The van der Waals surface area contributed by atoms with Crippen molar-refractivity contribution in [2.75, 3.05) is 6.54 Å². The number of nitrogens with zero attached hydrogens (tertiary/aromatic N) is 2. The molecule has 2 atom stereocenters. The molecule has 3 aromatic carbocycles. The second-order valence-corrected chi connectivity index (χ2v) is 12.5. The van der Waals surface area contributed by atoms with Crippen LogP contribution in [0.25, 0.3) is 5.70 Å². The van der Waals surface area contributed by atoms with Crippen LogP contribution in [-0.2, 0) is 35.2 Å². The van der Waals surface area contributed by atoms with Crippen molar-refractivity contribution < 1.29 is 60.9 Å². The molecule has 3 aromatic rings. The highest BCUT2D eigenvalue weighted by Crippen LogP contribution is 2.43. The maximum atomic E-state index is 14.5. The summed E-state index contributed by atoms with van der Waals surface area (Å²) in [6, 6.07) is 14.5. The second kappa shape index (κ2) is 17.0. The van der Waals surface area contributed by atoms with Crippen LogP contribution in [0.15, 0.2) is 79.0 Å². The molecule has 2 unspecified atom stereocenters. The van der Waals surface area contributed by atoms with Gasteiger partial charge in [-0.3, -0.25) is 38.5 Å². The maximum Gasteiger partial charge on any atom is 0.452 e. The quantitative estimate of drug-likeness (QED) is 0.204. The molecule has 4 rings (SSSR count). The zero-order valence-electron chi connectivity index (χ0n) is 29.8. The average molecular weight is 752 g/mol. The number of ketones is 1. The molecule has 16 heteroatoms. The summed E-state index contributed by atoms with van der Waals surface area (Å²) in [5, 5.41) is 2.11. The topological polar surface area (TPSA) is 166 Å². The lowest BCUT2D eigenvalue weighted by Gasteiger charge is -2.41. The molecular formula is C38H36F3N3O10. The Bertz CT molecular complexity index is 1940. The van der Waals surface area contributed by atoms with Crippen molar-refractivity contribution >= 4 is 47.1 Å². The zero-order valence-corrected chi connectivity index (χ0v) is 29.8. The Morgan fingerprint density at radius 1 is 0.796 bits per heavy atom. The summed E-state index contributed by atoms with van der Waals surface area (Å²) < 4.78 is 56.9. The summed E-state index contributed by atoms with van der Waals surface area (Å²) in [5.41, 5.74) is 0.126. The van der Waals surface area contributed by atoms with Gasteiger partial charge in [0.15, 0.2) is 11.5 Å². The number of ether oxygens (including phenoxy) is 3. The Labute approximate surface area is 307 Å². The van der Waals surface area contributed by atoms with Crippen LogP contribution in [0.1, 0.15) is 56.1 Å². The second-order valence-electron chi connectivity index (χ2n) is 12.5. The molecule has 1 heterocycles. The maximum absolute atomic E-state index is 14.5. The monoisotopic (exact) mass is 751 g/mol. The molecule has 0 bridgehead atoms. The van der Waals surface area contributed by atoms with E-state index in [-0.39, 0.29) is 16.8 Å². The molecular weight excluding hydrogens is 715 g/mol. The Morgan fingerprint density at radius 3 is 1.80 bits per heavy atom. The molecule has 3 amide bonds. The summed E-state index contributed by atoms with van der Waals surface area (Å²) in [5.74, 6) is -9.60. The largest absolute Gasteiger partial charge is 0.452 e. The van der Waals surface area contributed by atoms with Crippen molar-refractivity contribution in [3.05, 3.63) is 95.7 Å². The summed E-state index contributed by atoms with van der Waals surface area (Å²) in [6.07, 6.45) is -4.62. The molecule has 0 saturated carbocycles. The van der Waals surface area contributed by atoms with Crippen LogP contribution in [0.2, 0.25) is 0 Å². The minimum absolute atomic E-state index is 0.125. The molecule has 13 nitrogen and oxygen atoms in total. The molecule has 0 spiro atoms.